The highest BCUT2D eigenvalue weighted by atomic mass is 16.2. The Bertz CT molecular complexity index is 410. The van der Waals surface area contributed by atoms with Gasteiger partial charge in [-0.1, -0.05) is 0 Å². The standard InChI is InChI=1S/C16H27N3O/c1-6-19(7-2)15-10-8-14(9-11-15)17-16(20)12-18(5)13(3)4/h8-11,13H,6-7,12H2,1-5H3,(H,17,20). The third-order valence-electron chi connectivity index (χ3n) is 3.55. The minimum atomic E-state index is 0.0248. The summed E-state index contributed by atoms with van der Waals surface area (Å²) >= 11 is 0. The number of hydrogen-bond acceptors (Lipinski definition) is 3. The molecule has 1 amide bonds. The van der Waals surface area contributed by atoms with E-state index in [0.717, 1.165) is 18.8 Å². The molecule has 1 rings (SSSR count). The molecule has 0 aliphatic heterocycles. The van der Waals surface area contributed by atoms with E-state index in [1.54, 1.807) is 0 Å². The lowest BCUT2D eigenvalue weighted by Gasteiger charge is -2.22. The summed E-state index contributed by atoms with van der Waals surface area (Å²) < 4.78 is 0. The van der Waals surface area contributed by atoms with E-state index in [-0.39, 0.29) is 5.91 Å². The van der Waals surface area contributed by atoms with Gasteiger partial charge in [0.25, 0.3) is 0 Å². The molecule has 0 unspecified atom stereocenters. The number of nitrogens with one attached hydrogen (secondary N) is 1. The van der Waals surface area contributed by atoms with E-state index in [9.17, 15) is 4.79 Å². The van der Waals surface area contributed by atoms with Gasteiger partial charge in [-0.2, -0.15) is 0 Å². The van der Waals surface area contributed by atoms with Crippen molar-refractivity contribution >= 4 is 17.3 Å². The van der Waals surface area contributed by atoms with Gasteiger partial charge in [0.05, 0.1) is 6.54 Å². The minimum Gasteiger partial charge on any atom is -0.372 e. The second-order valence-electron chi connectivity index (χ2n) is 5.28. The Labute approximate surface area is 122 Å². The van der Waals surface area contributed by atoms with Gasteiger partial charge in [-0.05, 0) is 59.0 Å². The first-order chi connectivity index (χ1) is 9.47. The van der Waals surface area contributed by atoms with Gasteiger partial charge in [0.1, 0.15) is 0 Å². The van der Waals surface area contributed by atoms with Crippen LogP contribution < -0.4 is 10.2 Å². The largest absolute Gasteiger partial charge is 0.372 e. The summed E-state index contributed by atoms with van der Waals surface area (Å²) in [5.74, 6) is 0.0248. The lowest BCUT2D eigenvalue weighted by molar-refractivity contribution is -0.117. The van der Waals surface area contributed by atoms with Crippen LogP contribution in [0, 0.1) is 0 Å². The Morgan fingerprint density at radius 2 is 1.70 bits per heavy atom. The molecule has 0 bridgehead atoms. The number of anilines is 2. The van der Waals surface area contributed by atoms with E-state index < -0.39 is 0 Å². The SMILES string of the molecule is CCN(CC)c1ccc(NC(=O)CN(C)C(C)C)cc1. The van der Waals surface area contributed by atoms with E-state index in [1.807, 2.05) is 24.1 Å². The van der Waals surface area contributed by atoms with Crippen molar-refractivity contribution in [2.45, 2.75) is 33.7 Å². The molecule has 0 aliphatic carbocycles. The van der Waals surface area contributed by atoms with E-state index in [0.29, 0.717) is 12.6 Å². The Hall–Kier alpha value is -1.55. The highest BCUT2D eigenvalue weighted by molar-refractivity contribution is 5.92. The van der Waals surface area contributed by atoms with Gasteiger partial charge in [0.15, 0.2) is 0 Å². The molecule has 4 nitrogen and oxygen atoms in total. The van der Waals surface area contributed by atoms with Crippen LogP contribution in [0.15, 0.2) is 24.3 Å². The minimum absolute atomic E-state index is 0.0248. The van der Waals surface area contributed by atoms with Crippen LogP contribution in [0.4, 0.5) is 11.4 Å². The number of likely N-dealkylation sites (N-methyl/N-ethyl adjacent to an activating group) is 1. The van der Waals surface area contributed by atoms with Crippen molar-refractivity contribution in [1.82, 2.24) is 4.90 Å². The molecule has 0 fully saturated rings. The zero-order valence-electron chi connectivity index (χ0n) is 13.3. The van der Waals surface area contributed by atoms with Crippen molar-refractivity contribution in [3.63, 3.8) is 0 Å². The number of carbonyl (C=O) groups is 1. The van der Waals surface area contributed by atoms with Gasteiger partial charge in [-0.15, -0.1) is 0 Å². The van der Waals surface area contributed by atoms with Crippen molar-refractivity contribution in [1.29, 1.82) is 0 Å². The number of nitrogens with zero attached hydrogens (tertiary/aromatic N) is 2. The van der Waals surface area contributed by atoms with E-state index in [2.05, 4.69) is 50.0 Å². The second-order valence-corrected chi connectivity index (χ2v) is 5.28. The molecule has 0 atom stereocenters. The Balaban J connectivity index is 2.59. The average Bonchev–Trinajstić information content (AvgIpc) is 2.41. The first kappa shape index (κ1) is 16.5. The summed E-state index contributed by atoms with van der Waals surface area (Å²) in [5.41, 5.74) is 2.04. The third-order valence-corrected chi connectivity index (χ3v) is 3.55. The monoisotopic (exact) mass is 277 g/mol. The average molecular weight is 277 g/mol. The van der Waals surface area contributed by atoms with Crippen LogP contribution in [0.25, 0.3) is 0 Å². The Kier molecular flexibility index (Phi) is 6.52. The molecule has 0 saturated carbocycles. The van der Waals surface area contributed by atoms with Crippen LogP contribution in [0.1, 0.15) is 27.7 Å². The molecule has 0 radical (unpaired) electrons. The molecule has 4 heteroatoms. The maximum absolute atomic E-state index is 11.9. The lowest BCUT2D eigenvalue weighted by atomic mass is 10.2. The van der Waals surface area contributed by atoms with E-state index in [1.165, 1.54) is 5.69 Å². The number of hydrogen-bond donors (Lipinski definition) is 1. The second kappa shape index (κ2) is 7.90. The number of benzene rings is 1. The summed E-state index contributed by atoms with van der Waals surface area (Å²) in [6.07, 6.45) is 0. The van der Waals surface area contributed by atoms with Gasteiger partial charge in [-0.3, -0.25) is 9.69 Å². The van der Waals surface area contributed by atoms with Gasteiger partial charge < -0.3 is 10.2 Å². The quantitative estimate of drug-likeness (QED) is 0.832. The fraction of sp³-hybridized carbons (Fsp3) is 0.562. The molecule has 1 aromatic carbocycles. The zero-order valence-corrected chi connectivity index (χ0v) is 13.3. The van der Waals surface area contributed by atoms with Gasteiger partial charge >= 0.3 is 0 Å². The molecule has 1 N–H and O–H groups in total. The fourth-order valence-electron chi connectivity index (χ4n) is 1.95. The Morgan fingerprint density at radius 3 is 2.15 bits per heavy atom. The molecular weight excluding hydrogens is 250 g/mol. The van der Waals surface area contributed by atoms with Crippen LogP contribution in [-0.2, 0) is 4.79 Å². The maximum Gasteiger partial charge on any atom is 0.238 e. The summed E-state index contributed by atoms with van der Waals surface area (Å²) in [5, 5.41) is 2.93. The highest BCUT2D eigenvalue weighted by Crippen LogP contribution is 2.17. The van der Waals surface area contributed by atoms with Crippen molar-refractivity contribution in [2.24, 2.45) is 0 Å². The number of rotatable bonds is 7. The summed E-state index contributed by atoms with van der Waals surface area (Å²) in [6.45, 7) is 10.8. The fourth-order valence-corrected chi connectivity index (χ4v) is 1.95. The van der Waals surface area contributed by atoms with E-state index >= 15 is 0 Å². The number of amides is 1. The normalized spacial score (nSPS) is 10.9. The molecule has 1 aromatic rings. The van der Waals surface area contributed by atoms with Gasteiger partial charge in [-0.25, -0.2) is 0 Å². The predicted molar refractivity (Wildman–Crippen MR) is 86.4 cm³/mol. The summed E-state index contributed by atoms with van der Waals surface area (Å²) in [6, 6.07) is 8.39. The first-order valence-electron chi connectivity index (χ1n) is 7.33. The van der Waals surface area contributed by atoms with Crippen molar-refractivity contribution in [3.05, 3.63) is 24.3 Å². The van der Waals surface area contributed by atoms with Crippen molar-refractivity contribution in [3.8, 4) is 0 Å². The lowest BCUT2D eigenvalue weighted by Crippen LogP contribution is -2.34. The molecular formula is C16H27N3O. The van der Waals surface area contributed by atoms with Crippen LogP contribution in [-0.4, -0.2) is 43.5 Å². The molecule has 0 aliphatic rings. The maximum atomic E-state index is 11.9. The van der Waals surface area contributed by atoms with E-state index in [4.69, 9.17) is 0 Å². The van der Waals surface area contributed by atoms with Crippen LogP contribution in [0.2, 0.25) is 0 Å². The topological polar surface area (TPSA) is 35.6 Å². The third kappa shape index (κ3) is 4.85. The molecule has 20 heavy (non-hydrogen) atoms. The molecule has 0 heterocycles. The first-order valence-corrected chi connectivity index (χ1v) is 7.33. The molecule has 0 spiro atoms. The Morgan fingerprint density at radius 1 is 1.15 bits per heavy atom. The molecule has 0 saturated heterocycles. The van der Waals surface area contributed by atoms with Crippen LogP contribution in [0.3, 0.4) is 0 Å². The van der Waals surface area contributed by atoms with Crippen molar-refractivity contribution < 1.29 is 4.79 Å². The highest BCUT2D eigenvalue weighted by Gasteiger charge is 2.09. The smallest absolute Gasteiger partial charge is 0.238 e. The zero-order chi connectivity index (χ0) is 15.1. The van der Waals surface area contributed by atoms with Crippen LogP contribution >= 0.6 is 0 Å². The van der Waals surface area contributed by atoms with Crippen LogP contribution in [0.5, 0.6) is 0 Å². The summed E-state index contributed by atoms with van der Waals surface area (Å²) in [4.78, 5) is 16.2. The number of carbonyl (C=O) groups excluding carboxylic acids is 1. The molecule has 0 aromatic heterocycles. The van der Waals surface area contributed by atoms with Crippen molar-refractivity contribution in [2.75, 3.05) is 36.9 Å². The summed E-state index contributed by atoms with van der Waals surface area (Å²) in [7, 11) is 1.95. The van der Waals surface area contributed by atoms with Gasteiger partial charge in [0.2, 0.25) is 5.91 Å². The predicted octanol–water partition coefficient (Wildman–Crippen LogP) is 2.81. The molecule has 112 valence electrons. The van der Waals surface area contributed by atoms with Gasteiger partial charge in [0, 0.05) is 30.5 Å².